The van der Waals surface area contributed by atoms with E-state index in [0.717, 1.165) is 33.5 Å². The molecule has 3 heteroatoms. The molecular formula is C19H17NO2. The van der Waals surface area contributed by atoms with Crippen LogP contribution in [0, 0.1) is 0 Å². The molecule has 0 bridgehead atoms. The van der Waals surface area contributed by atoms with Crippen molar-refractivity contribution in [3.63, 3.8) is 0 Å². The van der Waals surface area contributed by atoms with Crippen molar-refractivity contribution < 1.29 is 9.47 Å². The predicted octanol–water partition coefficient (Wildman–Crippen LogP) is 4.42. The molecule has 0 saturated carbocycles. The lowest BCUT2D eigenvalue weighted by Gasteiger charge is -2.07. The molecule has 3 rings (SSSR count). The Morgan fingerprint density at radius 2 is 1.68 bits per heavy atom. The van der Waals surface area contributed by atoms with Crippen LogP contribution in [0.25, 0.3) is 23.1 Å². The fraction of sp³-hybridized carbons (Fsp3) is 0.105. The number of rotatable bonds is 4. The van der Waals surface area contributed by atoms with Crippen LogP contribution in [-0.2, 0) is 0 Å². The van der Waals surface area contributed by atoms with E-state index in [4.69, 9.17) is 9.47 Å². The number of pyridine rings is 1. The van der Waals surface area contributed by atoms with E-state index in [1.54, 1.807) is 14.2 Å². The van der Waals surface area contributed by atoms with Crippen molar-refractivity contribution in [3.05, 3.63) is 65.9 Å². The van der Waals surface area contributed by atoms with Gasteiger partial charge in [-0.05, 0) is 35.4 Å². The Hall–Kier alpha value is -2.81. The SMILES string of the molecule is COc1ccc(/C=C/c2ccnc3ccccc23)cc1OC. The first kappa shape index (κ1) is 14.1. The Balaban J connectivity index is 1.96. The second-order valence-corrected chi connectivity index (χ2v) is 4.87. The molecule has 0 radical (unpaired) electrons. The first-order chi connectivity index (χ1) is 10.8. The fourth-order valence-electron chi connectivity index (χ4n) is 2.41. The van der Waals surface area contributed by atoms with Gasteiger partial charge in [0.2, 0.25) is 0 Å². The lowest BCUT2D eigenvalue weighted by Crippen LogP contribution is -1.90. The standard InChI is InChI=1S/C19H17NO2/c1-21-18-10-8-14(13-19(18)22-2)7-9-15-11-12-20-17-6-4-3-5-16(15)17/h3-13H,1-2H3/b9-7+. The quantitative estimate of drug-likeness (QED) is 0.713. The second kappa shape index (κ2) is 6.31. The van der Waals surface area contributed by atoms with Crippen molar-refractivity contribution in [2.75, 3.05) is 14.2 Å². The molecule has 110 valence electrons. The van der Waals surface area contributed by atoms with E-state index >= 15 is 0 Å². The molecule has 0 N–H and O–H groups in total. The maximum atomic E-state index is 5.33. The fourth-order valence-corrected chi connectivity index (χ4v) is 2.41. The summed E-state index contributed by atoms with van der Waals surface area (Å²) < 4.78 is 10.6. The molecule has 0 aliphatic heterocycles. The molecule has 0 aliphatic rings. The Morgan fingerprint density at radius 3 is 2.50 bits per heavy atom. The van der Waals surface area contributed by atoms with Gasteiger partial charge in [0.05, 0.1) is 19.7 Å². The predicted molar refractivity (Wildman–Crippen MR) is 90.2 cm³/mol. The van der Waals surface area contributed by atoms with Crippen molar-refractivity contribution >= 4 is 23.1 Å². The number of nitrogens with zero attached hydrogens (tertiary/aromatic N) is 1. The van der Waals surface area contributed by atoms with Gasteiger partial charge in [0, 0.05) is 11.6 Å². The molecule has 1 heterocycles. The molecule has 0 aliphatic carbocycles. The number of fused-ring (bicyclic) bond motifs is 1. The highest BCUT2D eigenvalue weighted by atomic mass is 16.5. The number of methoxy groups -OCH3 is 2. The lowest BCUT2D eigenvalue weighted by atomic mass is 10.1. The molecule has 0 fully saturated rings. The molecule has 0 amide bonds. The average molecular weight is 291 g/mol. The number of ether oxygens (including phenoxy) is 2. The summed E-state index contributed by atoms with van der Waals surface area (Å²) in [5, 5.41) is 1.14. The number of benzene rings is 2. The molecular weight excluding hydrogens is 274 g/mol. The summed E-state index contributed by atoms with van der Waals surface area (Å²) >= 11 is 0. The summed E-state index contributed by atoms with van der Waals surface area (Å²) in [7, 11) is 3.28. The van der Waals surface area contributed by atoms with Gasteiger partial charge in [-0.25, -0.2) is 0 Å². The maximum absolute atomic E-state index is 5.33. The number of hydrogen-bond acceptors (Lipinski definition) is 3. The minimum absolute atomic E-state index is 0.726. The van der Waals surface area contributed by atoms with Gasteiger partial charge in [0.15, 0.2) is 11.5 Å². The molecule has 3 aromatic rings. The zero-order valence-corrected chi connectivity index (χ0v) is 12.6. The van der Waals surface area contributed by atoms with E-state index in [9.17, 15) is 0 Å². The maximum Gasteiger partial charge on any atom is 0.161 e. The Bertz CT molecular complexity index is 819. The van der Waals surface area contributed by atoms with E-state index in [2.05, 4.69) is 23.2 Å². The van der Waals surface area contributed by atoms with Gasteiger partial charge >= 0.3 is 0 Å². The Labute approximate surface area is 129 Å². The minimum Gasteiger partial charge on any atom is -0.493 e. The van der Waals surface area contributed by atoms with Crippen LogP contribution in [-0.4, -0.2) is 19.2 Å². The Kier molecular flexibility index (Phi) is 4.05. The summed E-state index contributed by atoms with van der Waals surface area (Å²) in [6.07, 6.45) is 5.98. The van der Waals surface area contributed by atoms with Crippen LogP contribution in [0.5, 0.6) is 11.5 Å². The van der Waals surface area contributed by atoms with E-state index in [-0.39, 0.29) is 0 Å². The molecule has 3 nitrogen and oxygen atoms in total. The number of aromatic nitrogens is 1. The van der Waals surface area contributed by atoms with Gasteiger partial charge in [-0.2, -0.15) is 0 Å². The summed E-state index contributed by atoms with van der Waals surface area (Å²) in [6, 6.07) is 16.0. The Morgan fingerprint density at radius 1 is 0.864 bits per heavy atom. The van der Waals surface area contributed by atoms with Crippen molar-refractivity contribution in [1.29, 1.82) is 0 Å². The van der Waals surface area contributed by atoms with Crippen molar-refractivity contribution in [3.8, 4) is 11.5 Å². The third-order valence-electron chi connectivity index (χ3n) is 3.55. The average Bonchev–Trinajstić information content (AvgIpc) is 2.59. The topological polar surface area (TPSA) is 31.4 Å². The zero-order valence-electron chi connectivity index (χ0n) is 12.6. The third kappa shape index (κ3) is 2.79. The summed E-state index contributed by atoms with van der Waals surface area (Å²) in [5.74, 6) is 1.46. The molecule has 0 saturated heterocycles. The number of para-hydroxylation sites is 1. The summed E-state index contributed by atoms with van der Waals surface area (Å²) in [4.78, 5) is 4.38. The van der Waals surface area contributed by atoms with Gasteiger partial charge < -0.3 is 9.47 Å². The zero-order chi connectivity index (χ0) is 15.4. The van der Waals surface area contributed by atoms with E-state index in [1.807, 2.05) is 48.7 Å². The van der Waals surface area contributed by atoms with Crippen molar-refractivity contribution in [1.82, 2.24) is 4.98 Å². The van der Waals surface area contributed by atoms with Gasteiger partial charge in [-0.3, -0.25) is 4.98 Å². The highest BCUT2D eigenvalue weighted by Gasteiger charge is 2.03. The second-order valence-electron chi connectivity index (χ2n) is 4.87. The van der Waals surface area contributed by atoms with Crippen molar-refractivity contribution in [2.24, 2.45) is 0 Å². The summed E-state index contributed by atoms with van der Waals surface area (Å²) in [6.45, 7) is 0. The van der Waals surface area contributed by atoms with Crippen LogP contribution >= 0.6 is 0 Å². The first-order valence-electron chi connectivity index (χ1n) is 7.05. The monoisotopic (exact) mass is 291 g/mol. The summed E-state index contributed by atoms with van der Waals surface area (Å²) in [5.41, 5.74) is 3.19. The highest BCUT2D eigenvalue weighted by Crippen LogP contribution is 2.28. The first-order valence-corrected chi connectivity index (χ1v) is 7.05. The van der Waals surface area contributed by atoms with E-state index < -0.39 is 0 Å². The largest absolute Gasteiger partial charge is 0.493 e. The molecule has 22 heavy (non-hydrogen) atoms. The highest BCUT2D eigenvalue weighted by molar-refractivity contribution is 5.90. The van der Waals surface area contributed by atoms with Gasteiger partial charge in [-0.15, -0.1) is 0 Å². The van der Waals surface area contributed by atoms with Crippen LogP contribution in [0.4, 0.5) is 0 Å². The lowest BCUT2D eigenvalue weighted by molar-refractivity contribution is 0.355. The molecule has 0 unspecified atom stereocenters. The molecule has 2 aromatic carbocycles. The van der Waals surface area contributed by atoms with Crippen LogP contribution in [0.1, 0.15) is 11.1 Å². The van der Waals surface area contributed by atoms with Crippen LogP contribution in [0.15, 0.2) is 54.7 Å². The number of hydrogen-bond donors (Lipinski definition) is 0. The van der Waals surface area contributed by atoms with Crippen LogP contribution in [0.3, 0.4) is 0 Å². The van der Waals surface area contributed by atoms with Crippen LogP contribution in [0.2, 0.25) is 0 Å². The van der Waals surface area contributed by atoms with Crippen LogP contribution < -0.4 is 9.47 Å². The minimum atomic E-state index is 0.726. The third-order valence-corrected chi connectivity index (χ3v) is 3.55. The molecule has 0 atom stereocenters. The smallest absolute Gasteiger partial charge is 0.161 e. The van der Waals surface area contributed by atoms with Gasteiger partial charge in [0.25, 0.3) is 0 Å². The van der Waals surface area contributed by atoms with Gasteiger partial charge in [0.1, 0.15) is 0 Å². The van der Waals surface area contributed by atoms with Crippen molar-refractivity contribution in [2.45, 2.75) is 0 Å². The normalized spacial score (nSPS) is 11.0. The van der Waals surface area contributed by atoms with E-state index in [0.29, 0.717) is 0 Å². The van der Waals surface area contributed by atoms with E-state index in [1.165, 1.54) is 0 Å². The van der Waals surface area contributed by atoms with Gasteiger partial charge in [-0.1, -0.05) is 36.4 Å². The molecule has 0 spiro atoms. The molecule has 1 aromatic heterocycles.